The molecular weight excluding hydrogens is 512 g/mol. The minimum atomic E-state index is -2.27. The van der Waals surface area contributed by atoms with Gasteiger partial charge in [-0.2, -0.15) is 0 Å². The molecule has 3 rings (SSSR count). The Hall–Kier alpha value is -0.410. The minimum Gasteiger partial charge on any atom is -1.00 e. The van der Waals surface area contributed by atoms with Gasteiger partial charge in [0.15, 0.2) is 6.20 Å². The quantitative estimate of drug-likeness (QED) is 0.186. The van der Waals surface area contributed by atoms with E-state index in [4.69, 9.17) is 8.22 Å². The molecule has 23 heavy (non-hydrogen) atoms. The Kier molecular flexibility index (Phi) is 4.28. The zero-order valence-corrected chi connectivity index (χ0v) is 17.8. The summed E-state index contributed by atoms with van der Waals surface area (Å²) >= 11 is 0. The maximum absolute atomic E-state index is 7.79. The van der Waals surface area contributed by atoms with Crippen LogP contribution in [0.3, 0.4) is 0 Å². The lowest BCUT2D eigenvalue weighted by Crippen LogP contribution is -3.00. The largest absolute Gasteiger partial charge is 1.00 e. The highest BCUT2D eigenvalue weighted by Crippen LogP contribution is 2.29. The average molecular weight is 543 g/mol. The van der Waals surface area contributed by atoms with Gasteiger partial charge in [-0.15, -0.1) is 0 Å². The zero-order chi connectivity index (χ0) is 20.2. The van der Waals surface area contributed by atoms with E-state index in [2.05, 4.69) is 0 Å². The molecule has 126 valence electrons. The van der Waals surface area contributed by atoms with Crippen LogP contribution in [-0.4, -0.2) is 36.7 Å². The topological polar surface area (TPSA) is 8.81 Å². The van der Waals surface area contributed by atoms with Crippen molar-refractivity contribution in [3.8, 4) is 0 Å². The lowest BCUT2D eigenvalue weighted by Gasteiger charge is -2.24. The molecule has 0 atom stereocenters. The van der Waals surface area contributed by atoms with Crippen molar-refractivity contribution in [1.82, 2.24) is 4.57 Å². The molecule has 0 saturated heterocycles. The van der Waals surface area contributed by atoms with E-state index in [0.29, 0.717) is 18.8 Å². The van der Waals surface area contributed by atoms with E-state index in [1.165, 1.54) is 4.57 Å². The van der Waals surface area contributed by atoms with E-state index in [1.54, 1.807) is 27.2 Å². The van der Waals surface area contributed by atoms with Crippen molar-refractivity contribution in [3.05, 3.63) is 42.2 Å². The fourth-order valence-corrected chi connectivity index (χ4v) is 2.85. The van der Waals surface area contributed by atoms with Gasteiger partial charge in [0.25, 0.3) is 0 Å². The summed E-state index contributed by atoms with van der Waals surface area (Å²) in [4.78, 5) is 0. The third-order valence-corrected chi connectivity index (χ3v) is 3.99. The number of nitrogens with zero attached hydrogens (tertiary/aromatic N) is 3. The summed E-state index contributed by atoms with van der Waals surface area (Å²) in [5.74, 6) is 0. The van der Waals surface area contributed by atoms with Crippen molar-refractivity contribution in [2.75, 3.05) is 27.6 Å². The van der Waals surface area contributed by atoms with Crippen molar-refractivity contribution >= 4 is 21.8 Å². The van der Waals surface area contributed by atoms with Gasteiger partial charge in [0.05, 0.1) is 38.3 Å². The first-order chi connectivity index (χ1) is 12.3. The first-order valence-electron chi connectivity index (χ1n) is 10.1. The molecule has 0 aliphatic rings. The second-order valence-corrected chi connectivity index (χ2v) is 6.11. The summed E-state index contributed by atoms with van der Waals surface area (Å²) in [5.41, 5.74) is 2.45. The van der Waals surface area contributed by atoms with Crippen LogP contribution in [-0.2, 0) is 13.5 Å². The number of benzene rings is 1. The first kappa shape index (κ1) is 12.9. The Labute approximate surface area is 181 Å². The predicted octanol–water partition coefficient (Wildman–Crippen LogP) is -3.36. The monoisotopic (exact) mass is 543 g/mol. The number of rotatable bonds is 3. The molecule has 0 radical (unpaired) electrons. The van der Waals surface area contributed by atoms with Gasteiger partial charge in [-0.25, -0.2) is 4.57 Å². The number of para-hydroxylation sites is 1. The molecule has 0 unspecified atom stereocenters. The molecule has 3 nitrogen and oxygen atoms in total. The molecular formula is C18H25I2N3. The highest BCUT2D eigenvalue weighted by Gasteiger charge is 2.18. The molecule has 2 heterocycles. The van der Waals surface area contributed by atoms with Crippen molar-refractivity contribution in [1.29, 1.82) is 0 Å². The van der Waals surface area contributed by atoms with Crippen molar-refractivity contribution in [2.45, 2.75) is 13.5 Å². The molecule has 0 aliphatic heterocycles. The Morgan fingerprint density at radius 1 is 1.13 bits per heavy atom. The lowest BCUT2D eigenvalue weighted by molar-refractivity contribution is -0.870. The molecule has 2 aromatic heterocycles. The summed E-state index contributed by atoms with van der Waals surface area (Å²) in [6.07, 6.45) is 1.60. The van der Waals surface area contributed by atoms with Gasteiger partial charge in [0, 0.05) is 29.3 Å². The van der Waals surface area contributed by atoms with Gasteiger partial charge in [0.2, 0.25) is 5.69 Å². The van der Waals surface area contributed by atoms with E-state index in [1.807, 2.05) is 34.9 Å². The van der Waals surface area contributed by atoms with Crippen LogP contribution in [0.25, 0.3) is 21.8 Å². The highest BCUT2D eigenvalue weighted by atomic mass is 127. The third kappa shape index (κ3) is 3.99. The number of pyridine rings is 1. The second-order valence-electron chi connectivity index (χ2n) is 6.11. The van der Waals surface area contributed by atoms with E-state index in [0.717, 1.165) is 21.8 Å². The number of aromatic nitrogens is 2. The molecule has 0 bridgehead atoms. The maximum Gasteiger partial charge on any atom is 0.202 e. The van der Waals surface area contributed by atoms with Gasteiger partial charge in [-0.05, 0) is 6.07 Å². The van der Waals surface area contributed by atoms with Crippen LogP contribution >= 0.6 is 0 Å². The lowest BCUT2D eigenvalue weighted by atomic mass is 10.2. The van der Waals surface area contributed by atoms with E-state index in [-0.39, 0.29) is 52.4 Å². The Bertz CT molecular complexity index is 1010. The van der Waals surface area contributed by atoms with Crippen LogP contribution in [0.1, 0.15) is 13.9 Å². The standard InChI is InChI=1S/C18H25N3.2HI/c1-14-18-16(10-11-19(14)2)15-8-6-7-9-17(15)20(18)12-13-21(3,4)5;;/h6-11H,12-13H2,1-5H3;2*1H/q+2;;/p-2/i2D3,3D3;;. The number of halogens is 2. The van der Waals surface area contributed by atoms with E-state index >= 15 is 0 Å². The van der Waals surface area contributed by atoms with Crippen LogP contribution in [0.4, 0.5) is 0 Å². The van der Waals surface area contributed by atoms with Gasteiger partial charge < -0.3 is 57.0 Å². The van der Waals surface area contributed by atoms with Crippen LogP contribution < -0.4 is 52.5 Å². The van der Waals surface area contributed by atoms with Crippen LogP contribution in [0.5, 0.6) is 0 Å². The Morgan fingerprint density at radius 2 is 1.87 bits per heavy atom. The number of likely N-dealkylation sites (N-methyl/N-ethyl adjacent to an activating group) is 1. The summed E-state index contributed by atoms with van der Waals surface area (Å²) in [6.45, 7) is -1.72. The highest BCUT2D eigenvalue weighted by molar-refractivity contribution is 6.08. The smallest absolute Gasteiger partial charge is 0.202 e. The Balaban J connectivity index is 0.00000210. The Morgan fingerprint density at radius 3 is 2.57 bits per heavy atom. The van der Waals surface area contributed by atoms with Gasteiger partial charge in [-0.1, -0.05) is 18.2 Å². The summed E-state index contributed by atoms with van der Waals surface area (Å²) < 4.78 is 49.9. The number of aryl methyl sites for hydroxylation is 2. The molecule has 0 N–H and O–H groups in total. The summed E-state index contributed by atoms with van der Waals surface area (Å²) in [7, 11) is 3.38. The number of hydrogen-bond acceptors (Lipinski definition) is 0. The molecule has 0 fully saturated rings. The predicted molar refractivity (Wildman–Crippen MR) is 88.3 cm³/mol. The molecule has 1 aromatic carbocycles. The fraction of sp³-hybridized carbons (Fsp3) is 0.389. The number of fused-ring (bicyclic) bond motifs is 3. The fourth-order valence-electron chi connectivity index (χ4n) is 2.85. The van der Waals surface area contributed by atoms with Gasteiger partial charge in [-0.3, -0.25) is 0 Å². The van der Waals surface area contributed by atoms with Crippen molar-refractivity contribution in [2.24, 2.45) is 6.98 Å². The zero-order valence-electron chi connectivity index (χ0n) is 19.5. The first-order valence-corrected chi connectivity index (χ1v) is 7.10. The number of quaternary nitrogens is 1. The normalized spacial score (nSPS) is 16.3. The maximum atomic E-state index is 7.79. The van der Waals surface area contributed by atoms with Crippen LogP contribution in [0.15, 0.2) is 36.5 Å². The van der Waals surface area contributed by atoms with Gasteiger partial charge in [0.1, 0.15) is 16.6 Å². The molecule has 0 spiro atoms. The van der Waals surface area contributed by atoms with E-state index in [9.17, 15) is 0 Å². The van der Waals surface area contributed by atoms with Gasteiger partial charge >= 0.3 is 0 Å². The average Bonchev–Trinajstić information content (AvgIpc) is 2.86. The van der Waals surface area contributed by atoms with Crippen molar-refractivity contribution < 1.29 is 65.2 Å². The molecule has 0 aliphatic carbocycles. The summed E-state index contributed by atoms with van der Waals surface area (Å²) in [5, 5.41) is 2.01. The second kappa shape index (κ2) is 7.65. The molecule has 5 heteroatoms. The van der Waals surface area contributed by atoms with E-state index < -0.39 is 14.0 Å². The molecule has 0 saturated carbocycles. The third-order valence-electron chi connectivity index (χ3n) is 3.99. The SMILES string of the molecule is [2H]C([2H])([2H])[n+]1ccc2c3ccccc3n(CC[N+](C)(C)C([2H])([2H])[2H])c2c1C.[I-].[I-]. The number of hydrogen-bond donors (Lipinski definition) is 0. The van der Waals surface area contributed by atoms with Crippen molar-refractivity contribution in [3.63, 3.8) is 0 Å². The van der Waals surface area contributed by atoms with Crippen LogP contribution in [0, 0.1) is 6.92 Å². The minimum absolute atomic E-state index is 0. The summed E-state index contributed by atoms with van der Waals surface area (Å²) in [6, 6.07) is 9.72. The molecule has 3 aromatic rings. The van der Waals surface area contributed by atoms with Crippen LogP contribution in [0.2, 0.25) is 0 Å². The molecule has 0 amide bonds.